The molecule has 0 N–H and O–H groups in total. The normalized spacial score (nSPS) is 21.6. The first-order chi connectivity index (χ1) is 11.5. The SMILES string of the molecule is CCS(=O)(=O)N1C[C@@H](C(=O)N2CCCCCC2)Oc2ccccc21. The summed E-state index contributed by atoms with van der Waals surface area (Å²) in [6.07, 6.45) is 3.47. The molecule has 3 rings (SSSR count). The summed E-state index contributed by atoms with van der Waals surface area (Å²) in [5.74, 6) is 0.336. The van der Waals surface area contributed by atoms with E-state index in [0.29, 0.717) is 11.4 Å². The molecule has 0 unspecified atom stereocenters. The fraction of sp³-hybridized carbons (Fsp3) is 0.588. The summed E-state index contributed by atoms with van der Waals surface area (Å²) < 4.78 is 32.1. The zero-order chi connectivity index (χ0) is 17.2. The van der Waals surface area contributed by atoms with E-state index in [1.807, 2.05) is 4.90 Å². The summed E-state index contributed by atoms with van der Waals surface area (Å²) in [5, 5.41) is 0. The van der Waals surface area contributed by atoms with Crippen molar-refractivity contribution in [3.05, 3.63) is 24.3 Å². The first-order valence-corrected chi connectivity index (χ1v) is 10.2. The summed E-state index contributed by atoms with van der Waals surface area (Å²) in [4.78, 5) is 14.7. The number of para-hydroxylation sites is 2. The van der Waals surface area contributed by atoms with E-state index in [-0.39, 0.29) is 18.2 Å². The van der Waals surface area contributed by atoms with Gasteiger partial charge in [-0.15, -0.1) is 0 Å². The number of anilines is 1. The number of amides is 1. The number of rotatable bonds is 3. The van der Waals surface area contributed by atoms with Crippen LogP contribution in [0.4, 0.5) is 5.69 Å². The third kappa shape index (κ3) is 3.36. The summed E-state index contributed by atoms with van der Waals surface area (Å²) in [6.45, 7) is 3.10. The van der Waals surface area contributed by atoms with E-state index in [9.17, 15) is 13.2 Å². The van der Waals surface area contributed by atoms with Gasteiger partial charge in [0.05, 0.1) is 18.0 Å². The fourth-order valence-electron chi connectivity index (χ4n) is 3.24. The number of benzene rings is 1. The monoisotopic (exact) mass is 352 g/mol. The van der Waals surface area contributed by atoms with E-state index in [0.717, 1.165) is 38.8 Å². The van der Waals surface area contributed by atoms with E-state index in [1.54, 1.807) is 31.2 Å². The quantitative estimate of drug-likeness (QED) is 0.834. The Bertz CT molecular complexity index is 696. The molecular weight excluding hydrogens is 328 g/mol. The van der Waals surface area contributed by atoms with Gasteiger partial charge >= 0.3 is 0 Å². The van der Waals surface area contributed by atoms with Crippen LogP contribution in [0.25, 0.3) is 0 Å². The Hall–Kier alpha value is -1.76. The Labute approximate surface area is 143 Å². The average Bonchev–Trinajstić information content (AvgIpc) is 2.89. The smallest absolute Gasteiger partial charge is 0.265 e. The molecule has 2 aliphatic heterocycles. The molecule has 1 aromatic rings. The van der Waals surface area contributed by atoms with Crippen molar-refractivity contribution >= 4 is 21.6 Å². The Morgan fingerprint density at radius 3 is 2.50 bits per heavy atom. The maximum absolute atomic E-state index is 12.9. The minimum absolute atomic E-state index is 0.00798. The maximum Gasteiger partial charge on any atom is 0.265 e. The zero-order valence-electron chi connectivity index (χ0n) is 14.0. The lowest BCUT2D eigenvalue weighted by atomic mass is 10.2. The van der Waals surface area contributed by atoms with Gasteiger partial charge in [-0.05, 0) is 31.9 Å². The Kier molecular flexibility index (Phi) is 4.99. The van der Waals surface area contributed by atoms with Crippen LogP contribution in [0, 0.1) is 0 Å². The minimum Gasteiger partial charge on any atom is -0.476 e. The van der Waals surface area contributed by atoms with E-state index in [1.165, 1.54) is 4.31 Å². The number of nitrogens with zero attached hydrogens (tertiary/aromatic N) is 2. The van der Waals surface area contributed by atoms with Crippen molar-refractivity contribution in [1.29, 1.82) is 0 Å². The molecule has 0 radical (unpaired) electrons. The van der Waals surface area contributed by atoms with Gasteiger partial charge in [0.25, 0.3) is 5.91 Å². The molecule has 1 saturated heterocycles. The van der Waals surface area contributed by atoms with Crippen LogP contribution in [0.2, 0.25) is 0 Å². The van der Waals surface area contributed by atoms with E-state index < -0.39 is 16.1 Å². The Morgan fingerprint density at radius 1 is 1.17 bits per heavy atom. The number of sulfonamides is 1. The van der Waals surface area contributed by atoms with E-state index in [2.05, 4.69) is 0 Å². The first kappa shape index (κ1) is 17.1. The third-order valence-electron chi connectivity index (χ3n) is 4.63. The van der Waals surface area contributed by atoms with Crippen molar-refractivity contribution < 1.29 is 17.9 Å². The molecule has 1 fully saturated rings. The molecule has 0 spiro atoms. The van der Waals surface area contributed by atoms with Crippen LogP contribution >= 0.6 is 0 Å². The van der Waals surface area contributed by atoms with Crippen molar-refractivity contribution in [3.63, 3.8) is 0 Å². The second-order valence-electron chi connectivity index (χ2n) is 6.25. The molecule has 2 heterocycles. The molecule has 2 aliphatic rings. The molecule has 7 heteroatoms. The average molecular weight is 352 g/mol. The highest BCUT2D eigenvalue weighted by Gasteiger charge is 2.37. The molecule has 1 amide bonds. The number of likely N-dealkylation sites (tertiary alicyclic amines) is 1. The van der Waals surface area contributed by atoms with Crippen molar-refractivity contribution in [3.8, 4) is 5.75 Å². The molecule has 0 bridgehead atoms. The van der Waals surface area contributed by atoms with Gasteiger partial charge in [-0.25, -0.2) is 8.42 Å². The standard InChI is InChI=1S/C17H24N2O4S/c1-2-24(21,22)19-13-16(23-15-10-6-5-9-14(15)19)17(20)18-11-7-3-4-8-12-18/h5-6,9-10,16H,2-4,7-8,11-13H2,1H3/t16-/m0/s1. The molecule has 0 aromatic heterocycles. The molecule has 6 nitrogen and oxygen atoms in total. The predicted molar refractivity (Wildman–Crippen MR) is 92.7 cm³/mol. The molecule has 0 aliphatic carbocycles. The predicted octanol–water partition coefficient (Wildman–Crippen LogP) is 2.01. The number of ether oxygens (including phenoxy) is 1. The minimum atomic E-state index is -3.46. The van der Waals surface area contributed by atoms with Crippen molar-refractivity contribution in [2.75, 3.05) is 29.7 Å². The molecule has 1 atom stereocenters. The molecular formula is C17H24N2O4S. The Morgan fingerprint density at radius 2 is 1.83 bits per heavy atom. The number of hydrogen-bond acceptors (Lipinski definition) is 4. The molecule has 1 aromatic carbocycles. The lowest BCUT2D eigenvalue weighted by Gasteiger charge is -2.36. The van der Waals surface area contributed by atoms with Crippen LogP contribution in [0.3, 0.4) is 0 Å². The van der Waals surface area contributed by atoms with Gasteiger partial charge in [-0.3, -0.25) is 9.10 Å². The van der Waals surface area contributed by atoms with Gasteiger partial charge in [-0.1, -0.05) is 25.0 Å². The van der Waals surface area contributed by atoms with E-state index in [4.69, 9.17) is 4.74 Å². The van der Waals surface area contributed by atoms with Crippen LogP contribution in [-0.2, 0) is 14.8 Å². The van der Waals surface area contributed by atoms with Gasteiger partial charge in [0, 0.05) is 13.1 Å². The summed E-state index contributed by atoms with van der Waals surface area (Å²) in [6, 6.07) is 7.00. The van der Waals surface area contributed by atoms with Crippen molar-refractivity contribution in [2.24, 2.45) is 0 Å². The molecule has 132 valence electrons. The lowest BCUT2D eigenvalue weighted by Crippen LogP contribution is -2.52. The lowest BCUT2D eigenvalue weighted by molar-refractivity contribution is -0.138. The van der Waals surface area contributed by atoms with E-state index >= 15 is 0 Å². The first-order valence-electron chi connectivity index (χ1n) is 8.58. The van der Waals surface area contributed by atoms with Gasteiger partial charge in [0.2, 0.25) is 10.0 Å². The van der Waals surface area contributed by atoms with Crippen LogP contribution in [0.1, 0.15) is 32.6 Å². The highest BCUT2D eigenvalue weighted by atomic mass is 32.2. The fourth-order valence-corrected chi connectivity index (χ4v) is 4.37. The summed E-state index contributed by atoms with van der Waals surface area (Å²) in [5.41, 5.74) is 0.513. The van der Waals surface area contributed by atoms with Crippen LogP contribution in [0.5, 0.6) is 5.75 Å². The Balaban J connectivity index is 1.87. The number of fused-ring (bicyclic) bond motifs is 1. The van der Waals surface area contributed by atoms with Gasteiger partial charge < -0.3 is 9.64 Å². The highest BCUT2D eigenvalue weighted by molar-refractivity contribution is 7.92. The van der Waals surface area contributed by atoms with Crippen molar-refractivity contribution in [1.82, 2.24) is 4.90 Å². The number of carbonyl (C=O) groups is 1. The summed E-state index contributed by atoms with van der Waals surface area (Å²) in [7, 11) is -3.46. The zero-order valence-corrected chi connectivity index (χ0v) is 14.8. The largest absolute Gasteiger partial charge is 0.476 e. The third-order valence-corrected chi connectivity index (χ3v) is 6.38. The second-order valence-corrected chi connectivity index (χ2v) is 8.43. The van der Waals surface area contributed by atoms with Gasteiger partial charge in [-0.2, -0.15) is 0 Å². The van der Waals surface area contributed by atoms with Gasteiger partial charge in [0.15, 0.2) is 6.10 Å². The maximum atomic E-state index is 12.9. The second kappa shape index (κ2) is 7.01. The number of carbonyl (C=O) groups excluding carboxylic acids is 1. The van der Waals surface area contributed by atoms with Crippen LogP contribution in [0.15, 0.2) is 24.3 Å². The topological polar surface area (TPSA) is 66.9 Å². The van der Waals surface area contributed by atoms with Crippen LogP contribution < -0.4 is 9.04 Å². The van der Waals surface area contributed by atoms with Crippen LogP contribution in [-0.4, -0.2) is 50.7 Å². The van der Waals surface area contributed by atoms with Gasteiger partial charge in [0.1, 0.15) is 5.75 Å². The molecule has 0 saturated carbocycles. The van der Waals surface area contributed by atoms with Crippen molar-refractivity contribution in [2.45, 2.75) is 38.7 Å². The summed E-state index contributed by atoms with van der Waals surface area (Å²) >= 11 is 0. The molecule has 24 heavy (non-hydrogen) atoms. The highest BCUT2D eigenvalue weighted by Crippen LogP contribution is 2.35. The number of hydrogen-bond donors (Lipinski definition) is 0.